The summed E-state index contributed by atoms with van der Waals surface area (Å²) >= 11 is 1.25. The van der Waals surface area contributed by atoms with E-state index < -0.39 is 0 Å². The van der Waals surface area contributed by atoms with Gasteiger partial charge in [0.15, 0.2) is 0 Å². The van der Waals surface area contributed by atoms with Crippen LogP contribution >= 0.6 is 0 Å². The van der Waals surface area contributed by atoms with Gasteiger partial charge < -0.3 is 0 Å². The van der Waals surface area contributed by atoms with Crippen molar-refractivity contribution in [2.24, 2.45) is 0 Å². The molecule has 1 aliphatic carbocycles. The highest BCUT2D eigenvalue weighted by molar-refractivity contribution is 6.22. The quantitative estimate of drug-likeness (QED) is 0.506. The van der Waals surface area contributed by atoms with Crippen LogP contribution in [0.3, 0.4) is 0 Å². The Hall–Kier alpha value is 0.0125. The van der Waals surface area contributed by atoms with Crippen molar-refractivity contribution in [3.8, 4) is 0 Å². The summed E-state index contributed by atoms with van der Waals surface area (Å²) in [5, 5.41) is 0. The zero-order valence-electron chi connectivity index (χ0n) is 7.35. The third kappa shape index (κ3) is 6.14. The second-order valence-electron chi connectivity index (χ2n) is 2.65. The minimum atomic E-state index is 1.23. The van der Waals surface area contributed by atoms with Crippen molar-refractivity contribution in [3.05, 3.63) is 22.7 Å². The highest BCUT2D eigenvalue weighted by atomic mass is 27.0. The first-order valence-corrected chi connectivity index (χ1v) is 5.13. The molecule has 0 aromatic carbocycles. The normalized spacial score (nSPS) is 14.0. The van der Waals surface area contributed by atoms with E-state index in [9.17, 15) is 0 Å². The van der Waals surface area contributed by atoms with E-state index >= 15 is 0 Å². The highest BCUT2D eigenvalue weighted by Gasteiger charge is 1.86. The molecule has 1 heteroatoms. The van der Waals surface area contributed by atoms with Gasteiger partial charge in [-0.15, -0.1) is 4.44 Å². The maximum absolute atomic E-state index is 2.20. The predicted octanol–water partition coefficient (Wildman–Crippen LogP) is 2.27. The Labute approximate surface area is 72.4 Å². The van der Waals surface area contributed by atoms with Crippen LogP contribution in [0.25, 0.3) is 0 Å². The Morgan fingerprint density at radius 1 is 1.40 bits per heavy atom. The molecule has 0 fully saturated rings. The standard InChI is InChI=1S/C5H5.C4H10.Al.2H/c1-2-4-5-3-1;1-3-4-2;;;/h1-3H,4H2;3-4H2,1-2H3;;;. The van der Waals surface area contributed by atoms with E-state index in [1.165, 1.54) is 35.6 Å². The van der Waals surface area contributed by atoms with Crippen molar-refractivity contribution < 1.29 is 0 Å². The third-order valence-electron chi connectivity index (χ3n) is 1.46. The Kier molecular flexibility index (Phi) is 7.13. The van der Waals surface area contributed by atoms with E-state index in [0.717, 1.165) is 0 Å². The summed E-state index contributed by atoms with van der Waals surface area (Å²) in [7, 11) is 0. The van der Waals surface area contributed by atoms with E-state index in [-0.39, 0.29) is 0 Å². The van der Waals surface area contributed by atoms with Crippen LogP contribution in [0, 0.1) is 0 Å². The molecule has 0 saturated carbocycles. The highest BCUT2D eigenvalue weighted by Crippen LogP contribution is 2.03. The molecule has 0 nitrogen and oxygen atoms in total. The van der Waals surface area contributed by atoms with E-state index in [2.05, 4.69) is 32.1 Å². The summed E-state index contributed by atoms with van der Waals surface area (Å²) < 4.78 is 1.61. The zero-order valence-corrected chi connectivity index (χ0v) is 9.35. The van der Waals surface area contributed by atoms with Crippen molar-refractivity contribution in [1.82, 2.24) is 0 Å². The molecule has 0 atom stereocenters. The van der Waals surface area contributed by atoms with Crippen LogP contribution in [0.4, 0.5) is 0 Å². The number of allylic oxidation sites excluding steroid dienone is 4. The molecule has 0 heterocycles. The Bertz CT molecular complexity index is 121. The topological polar surface area (TPSA) is 0 Å². The molecule has 0 aromatic rings. The number of hydrogen-bond acceptors (Lipinski definition) is 0. The van der Waals surface area contributed by atoms with Crippen LogP contribution in [0.15, 0.2) is 22.7 Å². The molecular formula is C9H17Al. The van der Waals surface area contributed by atoms with Crippen molar-refractivity contribution in [2.75, 3.05) is 0 Å². The molecule has 0 N–H and O–H groups in total. The fourth-order valence-corrected chi connectivity index (χ4v) is 0.982. The lowest BCUT2D eigenvalue weighted by molar-refractivity contribution is 0.886. The predicted molar refractivity (Wildman–Crippen MR) is 51.0 cm³/mol. The molecule has 0 amide bonds. The lowest BCUT2D eigenvalue weighted by Crippen LogP contribution is -1.68. The average Bonchev–Trinajstić information content (AvgIpc) is 2.40. The lowest BCUT2D eigenvalue weighted by atomic mass is 10.4. The third-order valence-corrected chi connectivity index (χ3v) is 2.20. The van der Waals surface area contributed by atoms with Gasteiger partial charge in [0.1, 0.15) is 0 Å². The second-order valence-corrected chi connectivity index (χ2v) is 3.93. The molecule has 0 unspecified atom stereocenters. The SMILES string of the molecule is CCCC.[AlH2][C]1=CC=CC1. The van der Waals surface area contributed by atoms with Gasteiger partial charge in [-0.3, -0.25) is 0 Å². The maximum atomic E-state index is 2.20. The summed E-state index contributed by atoms with van der Waals surface area (Å²) in [5.74, 6) is 0. The van der Waals surface area contributed by atoms with E-state index in [4.69, 9.17) is 0 Å². The first-order valence-electron chi connectivity index (χ1n) is 4.13. The molecule has 10 heavy (non-hydrogen) atoms. The van der Waals surface area contributed by atoms with Crippen molar-refractivity contribution in [1.29, 1.82) is 0 Å². The van der Waals surface area contributed by atoms with Crippen LogP contribution in [-0.2, 0) is 0 Å². The Balaban J connectivity index is 0.000000180. The van der Waals surface area contributed by atoms with Crippen LogP contribution in [0.1, 0.15) is 33.1 Å². The summed E-state index contributed by atoms with van der Waals surface area (Å²) in [5.41, 5.74) is 0. The minimum absolute atomic E-state index is 1.23. The minimum Gasteiger partial charge on any atom is -0.137 e. The summed E-state index contributed by atoms with van der Waals surface area (Å²) in [6.45, 7) is 4.36. The summed E-state index contributed by atoms with van der Waals surface area (Å²) in [6.07, 6.45) is 10.4. The molecule has 56 valence electrons. The molecule has 0 radical (unpaired) electrons. The van der Waals surface area contributed by atoms with Gasteiger partial charge in [0.2, 0.25) is 0 Å². The van der Waals surface area contributed by atoms with Gasteiger partial charge >= 0.3 is 0 Å². The van der Waals surface area contributed by atoms with E-state index in [0.29, 0.717) is 0 Å². The second kappa shape index (κ2) is 7.12. The molecule has 0 saturated heterocycles. The van der Waals surface area contributed by atoms with Gasteiger partial charge in [0.25, 0.3) is 16.3 Å². The number of unbranched alkanes of at least 4 members (excludes halogenated alkanes) is 1. The van der Waals surface area contributed by atoms with Crippen LogP contribution in [0.2, 0.25) is 0 Å². The summed E-state index contributed by atoms with van der Waals surface area (Å²) in [6, 6.07) is 0. The van der Waals surface area contributed by atoms with Crippen molar-refractivity contribution in [2.45, 2.75) is 33.1 Å². The van der Waals surface area contributed by atoms with Gasteiger partial charge in [-0.2, -0.15) is 0 Å². The monoisotopic (exact) mass is 152 g/mol. The van der Waals surface area contributed by atoms with E-state index in [1.807, 2.05) is 0 Å². The molecule has 0 bridgehead atoms. The fourth-order valence-electron chi connectivity index (χ4n) is 0.554. The molecular weight excluding hydrogens is 135 g/mol. The van der Waals surface area contributed by atoms with Crippen LogP contribution < -0.4 is 0 Å². The first-order chi connectivity index (χ1) is 4.81. The summed E-state index contributed by atoms with van der Waals surface area (Å²) in [4.78, 5) is 0. The van der Waals surface area contributed by atoms with Gasteiger partial charge in [-0.25, -0.2) is 0 Å². The van der Waals surface area contributed by atoms with Crippen molar-refractivity contribution in [3.63, 3.8) is 0 Å². The molecule has 1 rings (SSSR count). The zero-order chi connectivity index (χ0) is 7.82. The largest absolute Gasteiger partial charge is 0.252 e. The van der Waals surface area contributed by atoms with E-state index in [1.54, 1.807) is 4.44 Å². The molecule has 0 spiro atoms. The smallest absolute Gasteiger partial charge is 0.137 e. The molecule has 0 aromatic heterocycles. The van der Waals surface area contributed by atoms with Crippen molar-refractivity contribution >= 4 is 16.3 Å². The lowest BCUT2D eigenvalue weighted by Gasteiger charge is -1.78. The van der Waals surface area contributed by atoms with Crippen LogP contribution in [-0.4, -0.2) is 16.3 Å². The van der Waals surface area contributed by atoms with Gasteiger partial charge in [-0.1, -0.05) is 44.9 Å². The first kappa shape index (κ1) is 10.0. The number of rotatable bonds is 1. The van der Waals surface area contributed by atoms with Gasteiger partial charge in [0, 0.05) is 0 Å². The maximum Gasteiger partial charge on any atom is 0.252 e. The van der Waals surface area contributed by atoms with Gasteiger partial charge in [-0.05, 0) is 6.42 Å². The fraction of sp³-hybridized carbons (Fsp3) is 0.556. The van der Waals surface area contributed by atoms with Gasteiger partial charge in [0.05, 0.1) is 0 Å². The van der Waals surface area contributed by atoms with Crippen LogP contribution in [0.5, 0.6) is 0 Å². The Morgan fingerprint density at radius 3 is 2.10 bits per heavy atom. The molecule has 0 aliphatic heterocycles. The number of hydrogen-bond donors (Lipinski definition) is 0. The Morgan fingerprint density at radius 2 is 2.00 bits per heavy atom. The molecule has 1 aliphatic rings. The average molecular weight is 152 g/mol.